The molecule has 0 aliphatic rings. The summed E-state index contributed by atoms with van der Waals surface area (Å²) in [6, 6.07) is 4.13. The van der Waals surface area contributed by atoms with Crippen LogP contribution < -0.4 is 0 Å². The summed E-state index contributed by atoms with van der Waals surface area (Å²) < 4.78 is 1.94. The first-order chi connectivity index (χ1) is 11.9. The summed E-state index contributed by atoms with van der Waals surface area (Å²) in [4.78, 5) is 24.9. The number of thiophene rings is 1. The lowest BCUT2D eigenvalue weighted by molar-refractivity contribution is -0.127. The van der Waals surface area contributed by atoms with Crippen molar-refractivity contribution in [2.45, 2.75) is 32.3 Å². The zero-order valence-electron chi connectivity index (χ0n) is 14.8. The monoisotopic (exact) mass is 375 g/mol. The van der Waals surface area contributed by atoms with Gasteiger partial charge in [0.05, 0.1) is 18.0 Å². The number of thioether (sulfide) groups is 1. The molecule has 3 heterocycles. The maximum Gasteiger partial charge on any atom is 0.232 e. The Labute approximate surface area is 155 Å². The van der Waals surface area contributed by atoms with E-state index in [0.29, 0.717) is 18.8 Å². The third kappa shape index (κ3) is 4.19. The van der Waals surface area contributed by atoms with Crippen molar-refractivity contribution in [3.8, 4) is 0 Å². The number of rotatable bonds is 6. The van der Waals surface area contributed by atoms with Crippen molar-refractivity contribution in [2.75, 3.05) is 19.3 Å². The number of nitrogens with zero attached hydrogens (tertiary/aromatic N) is 5. The third-order valence-corrected chi connectivity index (χ3v) is 5.87. The van der Waals surface area contributed by atoms with Gasteiger partial charge in [0.15, 0.2) is 0 Å². The number of fused-ring (bicyclic) bond motifs is 1. The van der Waals surface area contributed by atoms with Crippen LogP contribution in [0.1, 0.15) is 16.3 Å². The molecule has 3 rings (SSSR count). The van der Waals surface area contributed by atoms with Gasteiger partial charge in [-0.3, -0.25) is 9.48 Å². The van der Waals surface area contributed by atoms with Gasteiger partial charge >= 0.3 is 0 Å². The molecule has 0 aliphatic heterocycles. The van der Waals surface area contributed by atoms with E-state index in [2.05, 4.69) is 28.1 Å². The van der Waals surface area contributed by atoms with Crippen LogP contribution in [0.15, 0.2) is 23.5 Å². The molecule has 25 heavy (non-hydrogen) atoms. The summed E-state index contributed by atoms with van der Waals surface area (Å²) in [7, 11) is 1.83. The largest absolute Gasteiger partial charge is 0.343 e. The van der Waals surface area contributed by atoms with Gasteiger partial charge in [0.25, 0.3) is 0 Å². The molecule has 1 amide bonds. The van der Waals surface area contributed by atoms with Gasteiger partial charge in [0, 0.05) is 29.5 Å². The summed E-state index contributed by atoms with van der Waals surface area (Å²) in [5.41, 5.74) is 2.12. The lowest BCUT2D eigenvalue weighted by Gasteiger charge is -2.17. The van der Waals surface area contributed by atoms with E-state index in [1.807, 2.05) is 31.6 Å². The minimum atomic E-state index is 0.0882. The third-order valence-electron chi connectivity index (χ3n) is 3.92. The predicted octanol–water partition coefficient (Wildman–Crippen LogP) is 3.06. The Balaban J connectivity index is 1.57. The molecule has 8 heteroatoms. The molecule has 0 radical (unpaired) electrons. The Morgan fingerprint density at radius 1 is 1.28 bits per heavy atom. The van der Waals surface area contributed by atoms with Gasteiger partial charge < -0.3 is 4.90 Å². The molecule has 0 N–H and O–H groups in total. The molecule has 3 aromatic rings. The van der Waals surface area contributed by atoms with Crippen molar-refractivity contribution in [1.82, 2.24) is 24.6 Å². The number of hydrogen-bond donors (Lipinski definition) is 0. The van der Waals surface area contributed by atoms with Gasteiger partial charge in [-0.05, 0) is 32.9 Å². The van der Waals surface area contributed by atoms with E-state index >= 15 is 0 Å². The topological polar surface area (TPSA) is 63.9 Å². The molecule has 3 aromatic heterocycles. The van der Waals surface area contributed by atoms with Crippen molar-refractivity contribution >= 4 is 39.2 Å². The lowest BCUT2D eigenvalue weighted by Crippen LogP contribution is -2.31. The van der Waals surface area contributed by atoms with Crippen LogP contribution >= 0.6 is 23.1 Å². The highest BCUT2D eigenvalue weighted by molar-refractivity contribution is 8.00. The maximum atomic E-state index is 12.4. The number of aromatic nitrogens is 4. The second-order valence-corrected chi connectivity index (χ2v) is 8.21. The standard InChI is InChI=1S/C17H21N5OS2/c1-11-7-12(2)22(20-11)6-5-21(4)15(23)9-24-16-14-8-13(3)25-17(14)19-10-18-16/h7-8,10H,5-6,9H2,1-4H3. The Hall–Kier alpha value is -1.93. The van der Waals surface area contributed by atoms with Crippen molar-refractivity contribution < 1.29 is 4.79 Å². The van der Waals surface area contributed by atoms with Gasteiger partial charge in [-0.15, -0.1) is 11.3 Å². The van der Waals surface area contributed by atoms with Gasteiger partial charge in [0.2, 0.25) is 5.91 Å². The normalized spacial score (nSPS) is 11.2. The lowest BCUT2D eigenvalue weighted by atomic mass is 10.4. The van der Waals surface area contributed by atoms with Gasteiger partial charge in [0.1, 0.15) is 16.2 Å². The Morgan fingerprint density at radius 2 is 2.08 bits per heavy atom. The number of amides is 1. The summed E-state index contributed by atoms with van der Waals surface area (Å²) >= 11 is 3.12. The average molecular weight is 376 g/mol. The van der Waals surface area contributed by atoms with Crippen LogP contribution in [-0.4, -0.2) is 49.9 Å². The number of hydrogen-bond acceptors (Lipinski definition) is 6. The summed E-state index contributed by atoms with van der Waals surface area (Å²) in [6.45, 7) is 7.40. The molecule has 0 saturated heterocycles. The van der Waals surface area contributed by atoms with Crippen molar-refractivity contribution in [1.29, 1.82) is 0 Å². The SMILES string of the molecule is Cc1cc(C)n(CCN(C)C(=O)CSc2ncnc3sc(C)cc23)n1. The van der Waals surface area contributed by atoms with E-state index in [0.717, 1.165) is 26.6 Å². The molecule has 0 atom stereocenters. The molecule has 6 nitrogen and oxygen atoms in total. The van der Waals surface area contributed by atoms with E-state index in [1.165, 1.54) is 16.6 Å². The molecule has 0 aliphatic carbocycles. The minimum absolute atomic E-state index is 0.0882. The number of carbonyl (C=O) groups excluding carboxylic acids is 1. The van der Waals surface area contributed by atoms with Crippen LogP contribution in [0.4, 0.5) is 0 Å². The summed E-state index contributed by atoms with van der Waals surface area (Å²) in [5.74, 6) is 0.458. The molecule has 0 spiro atoms. The summed E-state index contributed by atoms with van der Waals surface area (Å²) in [6.07, 6.45) is 1.57. The molecule has 0 bridgehead atoms. The van der Waals surface area contributed by atoms with Gasteiger partial charge in [-0.1, -0.05) is 11.8 Å². The van der Waals surface area contributed by atoms with Crippen LogP contribution in [-0.2, 0) is 11.3 Å². The van der Waals surface area contributed by atoms with Crippen LogP contribution in [0.2, 0.25) is 0 Å². The molecule has 132 valence electrons. The Morgan fingerprint density at radius 3 is 2.80 bits per heavy atom. The molecule has 0 fully saturated rings. The van der Waals surface area contributed by atoms with Crippen molar-refractivity contribution in [3.05, 3.63) is 34.7 Å². The van der Waals surface area contributed by atoms with Crippen LogP contribution in [0.25, 0.3) is 10.2 Å². The fraction of sp³-hybridized carbons (Fsp3) is 0.412. The van der Waals surface area contributed by atoms with E-state index in [-0.39, 0.29) is 5.91 Å². The van der Waals surface area contributed by atoms with Crippen molar-refractivity contribution in [2.24, 2.45) is 0 Å². The average Bonchev–Trinajstić information content (AvgIpc) is 3.11. The van der Waals surface area contributed by atoms with Crippen molar-refractivity contribution in [3.63, 3.8) is 0 Å². The first-order valence-electron chi connectivity index (χ1n) is 8.03. The maximum absolute atomic E-state index is 12.4. The van der Waals surface area contributed by atoms with E-state index in [4.69, 9.17) is 0 Å². The van der Waals surface area contributed by atoms with Gasteiger partial charge in [-0.2, -0.15) is 5.10 Å². The van der Waals surface area contributed by atoms with E-state index in [9.17, 15) is 4.79 Å². The molecule has 0 saturated carbocycles. The Bertz CT molecular complexity index is 902. The molecule has 0 aromatic carbocycles. The fourth-order valence-corrected chi connectivity index (χ4v) is 4.41. The van der Waals surface area contributed by atoms with Gasteiger partial charge in [-0.25, -0.2) is 9.97 Å². The highest BCUT2D eigenvalue weighted by Crippen LogP contribution is 2.30. The second-order valence-electron chi connectivity index (χ2n) is 6.01. The quantitative estimate of drug-likeness (QED) is 0.489. The fourth-order valence-electron chi connectivity index (χ4n) is 2.58. The second kappa shape index (κ2) is 7.53. The predicted molar refractivity (Wildman–Crippen MR) is 102 cm³/mol. The zero-order valence-corrected chi connectivity index (χ0v) is 16.4. The number of carbonyl (C=O) groups is 1. The molecule has 0 unspecified atom stereocenters. The number of aryl methyl sites for hydroxylation is 3. The zero-order chi connectivity index (χ0) is 18.0. The Kier molecular flexibility index (Phi) is 5.39. The first kappa shape index (κ1) is 17.9. The van der Waals surface area contributed by atoms with E-state index < -0.39 is 0 Å². The van der Waals surface area contributed by atoms with Crippen LogP contribution in [0, 0.1) is 20.8 Å². The van der Waals surface area contributed by atoms with Crippen LogP contribution in [0.5, 0.6) is 0 Å². The highest BCUT2D eigenvalue weighted by Gasteiger charge is 2.13. The minimum Gasteiger partial charge on any atom is -0.343 e. The first-order valence-corrected chi connectivity index (χ1v) is 9.83. The summed E-state index contributed by atoms with van der Waals surface area (Å²) in [5, 5.41) is 6.33. The van der Waals surface area contributed by atoms with E-state index in [1.54, 1.807) is 22.6 Å². The van der Waals surface area contributed by atoms with Crippen LogP contribution in [0.3, 0.4) is 0 Å². The molecular weight excluding hydrogens is 354 g/mol. The number of likely N-dealkylation sites (N-methyl/N-ethyl adjacent to an activating group) is 1. The highest BCUT2D eigenvalue weighted by atomic mass is 32.2. The molecular formula is C17H21N5OS2. The smallest absolute Gasteiger partial charge is 0.232 e.